The van der Waals surface area contributed by atoms with Crippen LogP contribution in [-0.4, -0.2) is 34.9 Å². The van der Waals surface area contributed by atoms with Gasteiger partial charge in [-0.15, -0.1) is 24.0 Å². The summed E-state index contributed by atoms with van der Waals surface area (Å²) in [5.74, 6) is -0.176. The molecule has 0 aromatic heterocycles. The molecule has 0 atom stereocenters. The van der Waals surface area contributed by atoms with Gasteiger partial charge in [0.15, 0.2) is 5.78 Å². The maximum atomic E-state index is 11.3. The van der Waals surface area contributed by atoms with Crippen LogP contribution in [0.4, 0.5) is 5.69 Å². The highest BCUT2D eigenvalue weighted by atomic mass is 35.5. The maximum Gasteiger partial charge on any atom is 0.228 e. The van der Waals surface area contributed by atoms with Crippen LogP contribution < -0.4 is 5.32 Å². The predicted octanol–water partition coefficient (Wildman–Crippen LogP) is 1.64. The lowest BCUT2D eigenvalue weighted by Crippen LogP contribution is -2.03. The molecule has 1 N–H and O–H groups in total. The van der Waals surface area contributed by atoms with Gasteiger partial charge in [0.1, 0.15) is 0 Å². The molecule has 0 fully saturated rings. The summed E-state index contributed by atoms with van der Waals surface area (Å²) in [5.41, 5.74) is 2.22. The molecule has 83 valence electrons. The number of alkyl halides is 1. The fourth-order valence-corrected chi connectivity index (χ4v) is 1.63. The summed E-state index contributed by atoms with van der Waals surface area (Å²) >= 11 is 5.43. The number of ketones is 1. The number of amides is 1. The lowest BCUT2D eigenvalue weighted by atomic mass is 10.1. The van der Waals surface area contributed by atoms with Gasteiger partial charge >= 0.3 is 0 Å². The molecule has 1 heterocycles. The Kier molecular flexibility index (Phi) is 6.06. The van der Waals surface area contributed by atoms with E-state index in [1.807, 2.05) is 0 Å². The van der Waals surface area contributed by atoms with Crippen LogP contribution in [0, 0.1) is 0 Å². The van der Waals surface area contributed by atoms with Crippen molar-refractivity contribution < 1.29 is 9.59 Å². The van der Waals surface area contributed by atoms with Crippen molar-refractivity contribution in [2.24, 2.45) is 0 Å². The van der Waals surface area contributed by atoms with E-state index in [-0.39, 0.29) is 47.3 Å². The molecule has 2 rings (SSSR count). The normalized spacial score (nSPS) is 11.9. The molecule has 0 saturated carbocycles. The van der Waals surface area contributed by atoms with E-state index in [9.17, 15) is 9.59 Å². The minimum atomic E-state index is -0.117. The van der Waals surface area contributed by atoms with Crippen LogP contribution in [0.15, 0.2) is 18.2 Å². The molecule has 16 heavy (non-hydrogen) atoms. The molecule has 6 heteroatoms. The van der Waals surface area contributed by atoms with Crippen LogP contribution in [0.1, 0.15) is 15.9 Å². The second kappa shape index (κ2) is 6.27. The van der Waals surface area contributed by atoms with E-state index < -0.39 is 0 Å². The second-order valence-electron chi connectivity index (χ2n) is 3.15. The summed E-state index contributed by atoms with van der Waals surface area (Å²) in [7, 11) is 0. The molecule has 1 amide bonds. The van der Waals surface area contributed by atoms with Crippen LogP contribution in [0.2, 0.25) is 0 Å². The van der Waals surface area contributed by atoms with E-state index in [1.54, 1.807) is 18.2 Å². The van der Waals surface area contributed by atoms with E-state index in [0.717, 1.165) is 11.3 Å². The monoisotopic (exact) mass is 272 g/mol. The Labute approximate surface area is 115 Å². The Hall–Kier alpha value is -0.528. The fraction of sp³-hybridized carbons (Fsp3) is 0.200. The highest BCUT2D eigenvalue weighted by Gasteiger charge is 2.18. The van der Waals surface area contributed by atoms with Crippen molar-refractivity contribution in [1.29, 1.82) is 0 Å². The van der Waals surface area contributed by atoms with Crippen molar-refractivity contribution in [3.63, 3.8) is 0 Å². The number of carbonyl (C=O) groups is 2. The summed E-state index contributed by atoms with van der Waals surface area (Å²) in [5, 5.41) is 2.70. The number of hydrogen-bond donors (Lipinski definition) is 1. The number of carbonyl (C=O) groups excluding carboxylic acids is 2. The smallest absolute Gasteiger partial charge is 0.228 e. The van der Waals surface area contributed by atoms with Crippen molar-refractivity contribution in [1.82, 2.24) is 0 Å². The molecule has 1 aliphatic rings. The van der Waals surface area contributed by atoms with Crippen LogP contribution in [0.5, 0.6) is 0 Å². The second-order valence-corrected chi connectivity index (χ2v) is 3.42. The molecule has 0 bridgehead atoms. The van der Waals surface area contributed by atoms with Gasteiger partial charge in [-0.2, -0.15) is 0 Å². The highest BCUT2D eigenvalue weighted by molar-refractivity contribution is 6.30. The molecule has 1 aromatic carbocycles. The van der Waals surface area contributed by atoms with Crippen LogP contribution in [0.25, 0.3) is 0 Å². The first kappa shape index (κ1) is 15.5. The number of fused-ring (bicyclic) bond motifs is 1. The molecule has 0 saturated heterocycles. The first-order valence-corrected chi connectivity index (χ1v) is 4.76. The quantitative estimate of drug-likeness (QED) is 0.506. The highest BCUT2D eigenvalue weighted by Crippen LogP contribution is 2.23. The largest absolute Gasteiger partial charge is 0.326 e. The third kappa shape index (κ3) is 2.99. The van der Waals surface area contributed by atoms with Crippen LogP contribution in [-0.2, 0) is 11.2 Å². The zero-order valence-electron chi connectivity index (χ0n) is 8.33. The topological polar surface area (TPSA) is 46.2 Å². The van der Waals surface area contributed by atoms with Gasteiger partial charge in [-0.05, 0) is 23.8 Å². The third-order valence-electron chi connectivity index (χ3n) is 2.17. The van der Waals surface area contributed by atoms with E-state index in [4.69, 9.17) is 11.6 Å². The van der Waals surface area contributed by atoms with E-state index >= 15 is 0 Å². The number of anilines is 1. The minimum Gasteiger partial charge on any atom is -0.326 e. The lowest BCUT2D eigenvalue weighted by Gasteiger charge is -2.00. The summed E-state index contributed by atoms with van der Waals surface area (Å²) in [6.07, 6.45) is 0.346. The number of hydrogen-bond acceptors (Lipinski definition) is 2. The van der Waals surface area contributed by atoms with Crippen LogP contribution >= 0.6 is 24.0 Å². The van der Waals surface area contributed by atoms with Gasteiger partial charge in [0.25, 0.3) is 0 Å². The van der Waals surface area contributed by atoms with Gasteiger partial charge in [0, 0.05) is 28.6 Å². The van der Waals surface area contributed by atoms with Crippen molar-refractivity contribution in [3.8, 4) is 0 Å². The van der Waals surface area contributed by atoms with Gasteiger partial charge in [0.05, 0.1) is 12.3 Å². The first-order valence-electron chi connectivity index (χ1n) is 4.22. The zero-order valence-corrected chi connectivity index (χ0v) is 11.1. The summed E-state index contributed by atoms with van der Waals surface area (Å²) < 4.78 is 0. The van der Waals surface area contributed by atoms with Gasteiger partial charge in [0.2, 0.25) is 5.91 Å². The molecule has 0 unspecified atom stereocenters. The van der Waals surface area contributed by atoms with Crippen molar-refractivity contribution in [3.05, 3.63) is 29.3 Å². The molecular formula is C10H9AlCl2NO2. The Bertz CT molecular complexity index is 423. The first-order chi connectivity index (χ1) is 6.70. The SMILES string of the molecule is Cl.O=C1Cc2cc(C(=O)CCl)ccc2N1.[Al]. The third-order valence-corrected chi connectivity index (χ3v) is 2.42. The zero-order chi connectivity index (χ0) is 10.1. The number of Topliss-reactive ketones (excluding diaryl/α,β-unsaturated/α-hetero) is 1. The molecule has 0 aliphatic carbocycles. The van der Waals surface area contributed by atoms with Gasteiger partial charge in [-0.25, -0.2) is 0 Å². The summed E-state index contributed by atoms with van der Waals surface area (Å²) in [4.78, 5) is 22.3. The Morgan fingerprint density at radius 2 is 2.12 bits per heavy atom. The standard InChI is InChI=1S/C10H8ClNO2.Al.ClH/c11-5-9(13)6-1-2-8-7(3-6)4-10(14)12-8;;/h1-3H,4-5H2,(H,12,14);;1H. The Morgan fingerprint density at radius 1 is 1.44 bits per heavy atom. The van der Waals surface area contributed by atoms with E-state index in [0.29, 0.717) is 12.0 Å². The lowest BCUT2D eigenvalue weighted by molar-refractivity contribution is -0.115. The minimum absolute atomic E-state index is 0. The number of benzene rings is 1. The maximum absolute atomic E-state index is 11.3. The average Bonchev–Trinajstić information content (AvgIpc) is 2.55. The van der Waals surface area contributed by atoms with Gasteiger partial charge < -0.3 is 5.32 Å². The van der Waals surface area contributed by atoms with Crippen molar-refractivity contribution in [2.75, 3.05) is 11.2 Å². The molecule has 3 radical (unpaired) electrons. The number of nitrogens with one attached hydrogen (secondary N) is 1. The van der Waals surface area contributed by atoms with Gasteiger partial charge in [-0.3, -0.25) is 9.59 Å². The average molecular weight is 273 g/mol. The molecule has 1 aliphatic heterocycles. The fourth-order valence-electron chi connectivity index (χ4n) is 1.48. The van der Waals surface area contributed by atoms with E-state index in [1.165, 1.54) is 0 Å². The summed E-state index contributed by atoms with van der Waals surface area (Å²) in [6, 6.07) is 5.13. The molecule has 3 nitrogen and oxygen atoms in total. The predicted molar refractivity (Wildman–Crippen MR) is 66.8 cm³/mol. The number of rotatable bonds is 2. The van der Waals surface area contributed by atoms with Gasteiger partial charge in [-0.1, -0.05) is 0 Å². The number of halogens is 2. The van der Waals surface area contributed by atoms with Crippen molar-refractivity contribution >= 4 is 58.7 Å². The molecular weight excluding hydrogens is 264 g/mol. The summed E-state index contributed by atoms with van der Waals surface area (Å²) in [6.45, 7) is 0. The molecule has 1 aromatic rings. The Balaban J connectivity index is 0.00000112. The van der Waals surface area contributed by atoms with Crippen molar-refractivity contribution in [2.45, 2.75) is 6.42 Å². The molecule has 0 spiro atoms. The Morgan fingerprint density at radius 3 is 2.75 bits per heavy atom. The van der Waals surface area contributed by atoms with Crippen LogP contribution in [0.3, 0.4) is 0 Å². The van der Waals surface area contributed by atoms with E-state index in [2.05, 4.69) is 5.32 Å².